The maximum absolute atomic E-state index is 4.28. The van der Waals surface area contributed by atoms with Crippen LogP contribution in [-0.2, 0) is 5.41 Å². The van der Waals surface area contributed by atoms with Gasteiger partial charge in [-0.1, -0.05) is 146 Å². The van der Waals surface area contributed by atoms with E-state index in [9.17, 15) is 0 Å². The Labute approximate surface area is 310 Å². The standard InChI is InChI=1S/C51H38N2/c1-4-19-39-42-33-38(30-31-47(42)52(45(39)5-2)37-24-13-8-14-25-37)53-46-29-18-16-27-41(46)48-34(3)32-44-49(50(48)53)40-26-15-17-28-43(40)51(44,35-20-9-6-10-21-35)36-22-11-7-12-23-36/h4-33H,2H2,1,3H3/b19-4-. The maximum atomic E-state index is 4.28. The Morgan fingerprint density at radius 2 is 1.19 bits per heavy atom. The summed E-state index contributed by atoms with van der Waals surface area (Å²) in [5.74, 6) is 0. The van der Waals surface area contributed by atoms with Gasteiger partial charge in [0.1, 0.15) is 0 Å². The monoisotopic (exact) mass is 678 g/mol. The molecule has 9 aromatic rings. The molecule has 0 saturated carbocycles. The first-order chi connectivity index (χ1) is 26.2. The van der Waals surface area contributed by atoms with Crippen LogP contribution in [0.2, 0.25) is 0 Å². The van der Waals surface area contributed by atoms with E-state index in [-0.39, 0.29) is 0 Å². The van der Waals surface area contributed by atoms with E-state index in [1.165, 1.54) is 71.7 Å². The van der Waals surface area contributed by atoms with Crippen LogP contribution >= 0.6 is 0 Å². The lowest BCUT2D eigenvalue weighted by molar-refractivity contribution is 0.768. The summed E-state index contributed by atoms with van der Waals surface area (Å²) in [5.41, 5.74) is 16.7. The minimum absolute atomic E-state index is 0.483. The zero-order chi connectivity index (χ0) is 35.7. The molecule has 0 N–H and O–H groups in total. The summed E-state index contributed by atoms with van der Waals surface area (Å²) in [6.45, 7) is 8.67. The molecule has 0 fully saturated rings. The van der Waals surface area contributed by atoms with Crippen LogP contribution in [0.15, 0.2) is 176 Å². The second-order valence-corrected chi connectivity index (χ2v) is 14.1. The van der Waals surface area contributed by atoms with E-state index in [0.29, 0.717) is 0 Å². The van der Waals surface area contributed by atoms with Crippen molar-refractivity contribution in [2.75, 3.05) is 0 Å². The van der Waals surface area contributed by atoms with Crippen molar-refractivity contribution < 1.29 is 0 Å². The largest absolute Gasteiger partial charge is 0.309 e. The molecule has 0 spiro atoms. The molecular formula is C51H38N2. The number of allylic oxidation sites excluding steroid dienone is 1. The van der Waals surface area contributed by atoms with Crippen LogP contribution in [0.3, 0.4) is 0 Å². The molecule has 0 aliphatic heterocycles. The van der Waals surface area contributed by atoms with Crippen molar-refractivity contribution >= 4 is 44.9 Å². The van der Waals surface area contributed by atoms with E-state index in [1.54, 1.807) is 0 Å². The Bertz CT molecular complexity index is 2860. The van der Waals surface area contributed by atoms with Crippen LogP contribution in [0, 0.1) is 6.92 Å². The summed E-state index contributed by atoms with van der Waals surface area (Å²) in [4.78, 5) is 0. The molecular weight excluding hydrogens is 641 g/mol. The molecule has 2 heteroatoms. The average Bonchev–Trinajstić information content (AvgIpc) is 3.83. The Balaban J connectivity index is 1.37. The van der Waals surface area contributed by atoms with Crippen molar-refractivity contribution in [1.29, 1.82) is 0 Å². The second-order valence-electron chi connectivity index (χ2n) is 14.1. The Kier molecular flexibility index (Phi) is 7.03. The Morgan fingerprint density at radius 3 is 1.89 bits per heavy atom. The highest BCUT2D eigenvalue weighted by Gasteiger charge is 2.47. The highest BCUT2D eigenvalue weighted by Crippen LogP contribution is 2.59. The van der Waals surface area contributed by atoms with Crippen LogP contribution in [0.1, 0.15) is 46.0 Å². The highest BCUT2D eigenvalue weighted by molar-refractivity contribution is 6.17. The molecule has 0 bridgehead atoms. The molecule has 2 nitrogen and oxygen atoms in total. The maximum Gasteiger partial charge on any atom is 0.0714 e. The molecule has 7 aromatic carbocycles. The lowest BCUT2D eigenvalue weighted by Crippen LogP contribution is -2.28. The first kappa shape index (κ1) is 31.1. The van der Waals surface area contributed by atoms with Gasteiger partial charge in [0.15, 0.2) is 0 Å². The number of aryl methyl sites for hydroxylation is 1. The summed E-state index contributed by atoms with van der Waals surface area (Å²) in [7, 11) is 0. The number of hydrogen-bond donors (Lipinski definition) is 0. The van der Waals surface area contributed by atoms with Crippen molar-refractivity contribution in [1.82, 2.24) is 9.13 Å². The first-order valence-electron chi connectivity index (χ1n) is 18.4. The summed E-state index contributed by atoms with van der Waals surface area (Å²) < 4.78 is 4.87. The van der Waals surface area contributed by atoms with E-state index >= 15 is 0 Å². The van der Waals surface area contributed by atoms with Gasteiger partial charge in [-0.3, -0.25) is 0 Å². The van der Waals surface area contributed by atoms with Crippen molar-refractivity contribution in [2.45, 2.75) is 19.3 Å². The molecule has 252 valence electrons. The molecule has 0 saturated heterocycles. The fourth-order valence-corrected chi connectivity index (χ4v) is 9.40. The minimum atomic E-state index is -0.483. The van der Waals surface area contributed by atoms with E-state index in [2.05, 4.69) is 206 Å². The zero-order valence-corrected chi connectivity index (χ0v) is 29.9. The lowest BCUT2D eigenvalue weighted by atomic mass is 9.67. The van der Waals surface area contributed by atoms with Gasteiger partial charge < -0.3 is 9.13 Å². The normalized spacial score (nSPS) is 13.2. The van der Waals surface area contributed by atoms with Crippen LogP contribution in [0.5, 0.6) is 0 Å². The average molecular weight is 679 g/mol. The third kappa shape index (κ3) is 4.27. The van der Waals surface area contributed by atoms with Gasteiger partial charge >= 0.3 is 0 Å². The van der Waals surface area contributed by atoms with E-state index < -0.39 is 5.41 Å². The molecule has 0 atom stereocenters. The third-order valence-corrected chi connectivity index (χ3v) is 11.4. The van der Waals surface area contributed by atoms with Crippen molar-refractivity contribution in [3.05, 3.63) is 216 Å². The Morgan fingerprint density at radius 1 is 0.566 bits per heavy atom. The number of hydrogen-bond acceptors (Lipinski definition) is 0. The number of fused-ring (bicyclic) bond motifs is 8. The summed E-state index contributed by atoms with van der Waals surface area (Å²) in [6, 6.07) is 60.3. The molecule has 1 aliphatic carbocycles. The number of benzene rings is 7. The number of aromatic nitrogens is 2. The Hall–Kier alpha value is -6.64. The van der Waals surface area contributed by atoms with Gasteiger partial charge in [-0.05, 0) is 89.7 Å². The fraction of sp³-hybridized carbons (Fsp3) is 0.0588. The predicted molar refractivity (Wildman–Crippen MR) is 224 cm³/mol. The van der Waals surface area contributed by atoms with Crippen LogP contribution in [0.25, 0.3) is 67.4 Å². The molecule has 0 amide bonds. The smallest absolute Gasteiger partial charge is 0.0714 e. The van der Waals surface area contributed by atoms with Gasteiger partial charge in [0.25, 0.3) is 0 Å². The van der Waals surface area contributed by atoms with E-state index in [0.717, 1.165) is 22.6 Å². The number of nitrogens with zero attached hydrogens (tertiary/aromatic N) is 2. The molecule has 2 heterocycles. The predicted octanol–water partition coefficient (Wildman–Crippen LogP) is 13.1. The highest BCUT2D eigenvalue weighted by atomic mass is 15.0. The van der Waals surface area contributed by atoms with Crippen LogP contribution in [0.4, 0.5) is 0 Å². The second kappa shape index (κ2) is 12.0. The zero-order valence-electron chi connectivity index (χ0n) is 29.9. The fourth-order valence-electron chi connectivity index (χ4n) is 9.40. The summed E-state index contributed by atoms with van der Waals surface area (Å²) >= 11 is 0. The lowest BCUT2D eigenvalue weighted by Gasteiger charge is -2.34. The molecule has 10 rings (SSSR count). The van der Waals surface area contributed by atoms with Gasteiger partial charge in [0, 0.05) is 38.7 Å². The van der Waals surface area contributed by atoms with Crippen LogP contribution in [-0.4, -0.2) is 9.13 Å². The van der Waals surface area contributed by atoms with Gasteiger partial charge in [0.05, 0.1) is 27.7 Å². The minimum Gasteiger partial charge on any atom is -0.309 e. The van der Waals surface area contributed by atoms with Crippen molar-refractivity contribution in [3.8, 4) is 22.5 Å². The third-order valence-electron chi connectivity index (χ3n) is 11.4. The SMILES string of the molecule is C=Cc1c(/C=C\C)c2cc(-n3c4ccccc4c4c(C)cc5c(c43)-c3ccccc3C5(c3ccccc3)c3ccccc3)ccc2n1-c1ccccc1. The summed E-state index contributed by atoms with van der Waals surface area (Å²) in [6.07, 6.45) is 6.34. The van der Waals surface area contributed by atoms with Crippen molar-refractivity contribution in [3.63, 3.8) is 0 Å². The van der Waals surface area contributed by atoms with E-state index in [1.807, 2.05) is 6.08 Å². The summed E-state index contributed by atoms with van der Waals surface area (Å²) in [5, 5.41) is 3.76. The van der Waals surface area contributed by atoms with Gasteiger partial charge in [-0.15, -0.1) is 0 Å². The number of para-hydroxylation sites is 2. The van der Waals surface area contributed by atoms with E-state index in [4.69, 9.17) is 0 Å². The quantitative estimate of drug-likeness (QED) is 0.166. The molecule has 2 aromatic heterocycles. The first-order valence-corrected chi connectivity index (χ1v) is 18.4. The number of rotatable bonds is 6. The molecule has 1 aliphatic rings. The van der Waals surface area contributed by atoms with Gasteiger partial charge in [-0.25, -0.2) is 0 Å². The molecule has 53 heavy (non-hydrogen) atoms. The van der Waals surface area contributed by atoms with Gasteiger partial charge in [-0.2, -0.15) is 0 Å². The topological polar surface area (TPSA) is 9.86 Å². The van der Waals surface area contributed by atoms with Gasteiger partial charge in [0.2, 0.25) is 0 Å². The molecule has 0 radical (unpaired) electrons. The van der Waals surface area contributed by atoms with Crippen LogP contribution < -0.4 is 0 Å². The molecule has 0 unspecified atom stereocenters. The van der Waals surface area contributed by atoms with Crippen molar-refractivity contribution in [2.24, 2.45) is 0 Å².